The molecule has 1 heterocycles. The largest absolute Gasteiger partial charge is 0.356 e. The Kier molecular flexibility index (Phi) is 3.26. The van der Waals surface area contributed by atoms with Crippen LogP contribution in [0.3, 0.4) is 0 Å². The minimum atomic E-state index is -0.198. The Morgan fingerprint density at radius 3 is 2.55 bits per heavy atom. The molecule has 102 valence electrons. The predicted molar refractivity (Wildman–Crippen MR) is 79.8 cm³/mol. The van der Waals surface area contributed by atoms with Crippen LogP contribution in [0.1, 0.15) is 24.1 Å². The maximum absolute atomic E-state index is 13.1. The zero-order valence-corrected chi connectivity index (χ0v) is 11.7. The van der Waals surface area contributed by atoms with Crippen molar-refractivity contribution >= 4 is 11.5 Å². The van der Waals surface area contributed by atoms with E-state index in [1.807, 2.05) is 44.3 Å². The van der Waals surface area contributed by atoms with Gasteiger partial charge in [-0.1, -0.05) is 30.3 Å². The fourth-order valence-corrected chi connectivity index (χ4v) is 2.64. The molecule has 2 aromatic carbocycles. The zero-order chi connectivity index (χ0) is 14.1. The minimum absolute atomic E-state index is 0.183. The summed E-state index contributed by atoms with van der Waals surface area (Å²) >= 11 is 0. The molecule has 2 aromatic rings. The summed E-state index contributed by atoms with van der Waals surface area (Å²) < 4.78 is 13.1. The monoisotopic (exact) mass is 268 g/mol. The fourth-order valence-electron chi connectivity index (χ4n) is 2.64. The second kappa shape index (κ2) is 5.08. The average molecular weight is 268 g/mol. The smallest absolute Gasteiger partial charge is 0.123 e. The molecule has 0 amide bonds. The molecule has 3 heteroatoms. The number of halogens is 1. The van der Waals surface area contributed by atoms with Gasteiger partial charge >= 0.3 is 0 Å². The van der Waals surface area contributed by atoms with Gasteiger partial charge in [0.15, 0.2) is 0 Å². The summed E-state index contributed by atoms with van der Waals surface area (Å²) in [6.07, 6.45) is 0.874. The van der Waals surface area contributed by atoms with Crippen molar-refractivity contribution in [3.05, 3.63) is 65.5 Å². The van der Waals surface area contributed by atoms with Crippen LogP contribution < -0.4 is 0 Å². The molecule has 0 saturated heterocycles. The highest BCUT2D eigenvalue weighted by Crippen LogP contribution is 2.32. The van der Waals surface area contributed by atoms with Gasteiger partial charge in [0.2, 0.25) is 0 Å². The highest BCUT2D eigenvalue weighted by Gasteiger charge is 2.23. The maximum Gasteiger partial charge on any atom is 0.123 e. The number of para-hydroxylation sites is 1. The highest BCUT2D eigenvalue weighted by atomic mass is 19.1. The van der Waals surface area contributed by atoms with Crippen molar-refractivity contribution in [2.75, 3.05) is 7.05 Å². The highest BCUT2D eigenvalue weighted by molar-refractivity contribution is 5.84. The van der Waals surface area contributed by atoms with E-state index in [9.17, 15) is 4.39 Å². The molecule has 0 aliphatic carbocycles. The number of rotatable bonds is 1. The molecule has 1 aliphatic rings. The van der Waals surface area contributed by atoms with E-state index < -0.39 is 0 Å². The summed E-state index contributed by atoms with van der Waals surface area (Å²) in [5.74, 6) is 0.778. The topological polar surface area (TPSA) is 15.6 Å². The van der Waals surface area contributed by atoms with E-state index in [2.05, 4.69) is 16.0 Å². The van der Waals surface area contributed by atoms with Gasteiger partial charge in [-0.2, -0.15) is 0 Å². The van der Waals surface area contributed by atoms with Gasteiger partial charge in [-0.25, -0.2) is 9.38 Å². The normalized spacial score (nSPS) is 18.2. The van der Waals surface area contributed by atoms with Crippen LogP contribution in [0.5, 0.6) is 0 Å². The number of likely N-dealkylation sites (N-methyl/N-ethyl adjacent to an activating group) is 1. The number of hydrogen-bond donors (Lipinski definition) is 0. The van der Waals surface area contributed by atoms with Gasteiger partial charge in [0, 0.05) is 7.05 Å². The molecular weight excluding hydrogens is 251 g/mol. The Bertz CT molecular complexity index is 646. The van der Waals surface area contributed by atoms with Gasteiger partial charge in [-0.15, -0.1) is 0 Å². The molecule has 0 radical (unpaired) electrons. The van der Waals surface area contributed by atoms with E-state index in [-0.39, 0.29) is 11.9 Å². The number of amidine groups is 1. The van der Waals surface area contributed by atoms with Crippen molar-refractivity contribution in [1.29, 1.82) is 0 Å². The molecule has 2 nitrogen and oxygen atoms in total. The number of fused-ring (bicyclic) bond motifs is 1. The number of aliphatic imine (C=N–C) groups is 1. The van der Waals surface area contributed by atoms with Crippen molar-refractivity contribution < 1.29 is 4.39 Å². The first-order valence-electron chi connectivity index (χ1n) is 6.76. The van der Waals surface area contributed by atoms with E-state index in [0.29, 0.717) is 0 Å². The zero-order valence-electron chi connectivity index (χ0n) is 11.7. The Hall–Kier alpha value is -2.16. The molecule has 0 aromatic heterocycles. The van der Waals surface area contributed by atoms with E-state index in [0.717, 1.165) is 23.5 Å². The third-order valence-corrected chi connectivity index (χ3v) is 3.92. The molecule has 1 aliphatic heterocycles. The van der Waals surface area contributed by atoms with Gasteiger partial charge in [0.25, 0.3) is 0 Å². The van der Waals surface area contributed by atoms with Gasteiger partial charge in [-0.05, 0) is 42.7 Å². The van der Waals surface area contributed by atoms with E-state index in [1.54, 1.807) is 0 Å². The van der Waals surface area contributed by atoms with Crippen molar-refractivity contribution in [3.63, 3.8) is 0 Å². The first kappa shape index (κ1) is 12.9. The Balaban J connectivity index is 2.04. The minimum Gasteiger partial charge on any atom is -0.356 e. The summed E-state index contributed by atoms with van der Waals surface area (Å²) in [5.41, 5.74) is 3.37. The van der Waals surface area contributed by atoms with Gasteiger partial charge in [-0.3, -0.25) is 0 Å². The number of hydrogen-bond acceptors (Lipinski definition) is 2. The second-order valence-electron chi connectivity index (χ2n) is 5.17. The summed E-state index contributed by atoms with van der Waals surface area (Å²) in [4.78, 5) is 6.84. The lowest BCUT2D eigenvalue weighted by molar-refractivity contribution is 0.374. The Morgan fingerprint density at radius 2 is 1.80 bits per heavy atom. The van der Waals surface area contributed by atoms with E-state index >= 15 is 0 Å². The Labute approximate surface area is 118 Å². The van der Waals surface area contributed by atoms with Crippen molar-refractivity contribution in [1.82, 2.24) is 4.90 Å². The van der Waals surface area contributed by atoms with Crippen LogP contribution in [0.4, 0.5) is 10.1 Å². The third-order valence-electron chi connectivity index (χ3n) is 3.92. The molecule has 0 bridgehead atoms. The first-order valence-corrected chi connectivity index (χ1v) is 6.76. The summed E-state index contributed by atoms with van der Waals surface area (Å²) in [6, 6.07) is 15.1. The lowest BCUT2D eigenvalue weighted by atomic mass is 9.97. The van der Waals surface area contributed by atoms with Crippen molar-refractivity contribution in [3.8, 4) is 0 Å². The summed E-state index contributed by atoms with van der Waals surface area (Å²) in [5, 5.41) is 0. The molecule has 20 heavy (non-hydrogen) atoms. The number of nitrogens with zero attached hydrogens (tertiary/aromatic N) is 2. The predicted octanol–water partition coefficient (Wildman–Crippen LogP) is 4.10. The van der Waals surface area contributed by atoms with E-state index in [4.69, 9.17) is 0 Å². The van der Waals surface area contributed by atoms with Crippen LogP contribution >= 0.6 is 0 Å². The lowest BCUT2D eigenvalue weighted by Gasteiger charge is -2.28. The van der Waals surface area contributed by atoms with Crippen LogP contribution in [-0.2, 0) is 6.42 Å². The van der Waals surface area contributed by atoms with Crippen molar-refractivity contribution in [2.45, 2.75) is 19.4 Å². The van der Waals surface area contributed by atoms with Crippen LogP contribution in [0.25, 0.3) is 0 Å². The quantitative estimate of drug-likeness (QED) is 0.760. The molecule has 0 fully saturated rings. The van der Waals surface area contributed by atoms with Crippen LogP contribution in [0.15, 0.2) is 53.5 Å². The van der Waals surface area contributed by atoms with Crippen LogP contribution in [0.2, 0.25) is 0 Å². The molecule has 1 atom stereocenters. The maximum atomic E-state index is 13.1. The number of benzene rings is 2. The second-order valence-corrected chi connectivity index (χ2v) is 5.17. The standard InChI is InChI=1S/C17H17FN2/c1-12-19-16-6-4-3-5-14(16)11-17(20(12)2)13-7-9-15(18)10-8-13/h3-10,17H,11H2,1-2H3. The first-order chi connectivity index (χ1) is 9.65. The van der Waals surface area contributed by atoms with Crippen LogP contribution in [0, 0.1) is 5.82 Å². The lowest BCUT2D eigenvalue weighted by Crippen LogP contribution is -2.29. The fraction of sp³-hybridized carbons (Fsp3) is 0.235. The summed E-state index contributed by atoms with van der Waals surface area (Å²) in [6.45, 7) is 2.01. The average Bonchev–Trinajstić information content (AvgIpc) is 2.58. The SMILES string of the molecule is CC1=Nc2ccccc2CC(c2ccc(F)cc2)N1C. The Morgan fingerprint density at radius 1 is 1.10 bits per heavy atom. The molecular formula is C17H17FN2. The molecule has 1 unspecified atom stereocenters. The summed E-state index contributed by atoms with van der Waals surface area (Å²) in [7, 11) is 2.04. The molecule has 0 N–H and O–H groups in total. The van der Waals surface area contributed by atoms with Crippen molar-refractivity contribution in [2.24, 2.45) is 4.99 Å². The third kappa shape index (κ3) is 2.31. The molecule has 3 rings (SSSR count). The van der Waals surface area contributed by atoms with Gasteiger partial charge in [0.1, 0.15) is 11.7 Å². The van der Waals surface area contributed by atoms with E-state index in [1.165, 1.54) is 17.7 Å². The molecule has 0 spiro atoms. The van der Waals surface area contributed by atoms with Gasteiger partial charge < -0.3 is 4.90 Å². The van der Waals surface area contributed by atoms with Gasteiger partial charge in [0.05, 0.1) is 11.7 Å². The van der Waals surface area contributed by atoms with Crippen LogP contribution in [-0.4, -0.2) is 17.8 Å². The molecule has 0 saturated carbocycles.